The van der Waals surface area contributed by atoms with Gasteiger partial charge in [-0.3, -0.25) is 13.8 Å². The average Bonchev–Trinajstić information content (AvgIpc) is 3.28. The maximum atomic E-state index is 14.4. The number of anilines is 1. The minimum Gasteiger partial charge on any atom is -0.448 e. The summed E-state index contributed by atoms with van der Waals surface area (Å²) in [5.74, 6) is -0.00774. The molecule has 1 saturated carbocycles. The van der Waals surface area contributed by atoms with Gasteiger partial charge in [0.15, 0.2) is 5.82 Å². The zero-order valence-corrected chi connectivity index (χ0v) is 16.9. The second-order valence-corrected chi connectivity index (χ2v) is 8.97. The summed E-state index contributed by atoms with van der Waals surface area (Å²) in [7, 11) is -4.55. The van der Waals surface area contributed by atoms with Crippen LogP contribution in [0.5, 0.6) is 0 Å². The normalized spacial score (nSPS) is 14.2. The number of halogens is 1. The molecule has 1 aliphatic rings. The summed E-state index contributed by atoms with van der Waals surface area (Å²) in [6.45, 7) is 0. The van der Waals surface area contributed by atoms with E-state index in [-0.39, 0.29) is 17.6 Å². The summed E-state index contributed by atoms with van der Waals surface area (Å²) in [6, 6.07) is 12.1. The molecule has 0 bridgehead atoms. The van der Waals surface area contributed by atoms with E-state index in [1.165, 1.54) is 24.3 Å². The number of nitrogens with one attached hydrogen (secondary N) is 1. The van der Waals surface area contributed by atoms with Crippen LogP contribution >= 0.6 is 7.60 Å². The van der Waals surface area contributed by atoms with E-state index in [2.05, 4.69) is 10.3 Å². The van der Waals surface area contributed by atoms with Crippen molar-refractivity contribution in [2.24, 2.45) is 5.92 Å². The molecule has 0 spiro atoms. The molecule has 1 fully saturated rings. The van der Waals surface area contributed by atoms with Gasteiger partial charge in [0.2, 0.25) is 11.4 Å². The van der Waals surface area contributed by atoms with Crippen LogP contribution < -0.4 is 10.8 Å². The first-order valence-electron chi connectivity index (χ1n) is 9.54. The number of fused-ring (bicyclic) bond motifs is 1. The maximum absolute atomic E-state index is 14.4. The van der Waals surface area contributed by atoms with Gasteiger partial charge in [0.05, 0.1) is 11.9 Å². The molecule has 3 aromatic heterocycles. The molecular weight excluding hydrogens is 424 g/mol. The molecule has 0 atom stereocenters. The highest BCUT2D eigenvalue weighted by atomic mass is 31.2. The lowest BCUT2D eigenvalue weighted by atomic mass is 10.1. The van der Waals surface area contributed by atoms with Gasteiger partial charge in [0.25, 0.3) is 0 Å². The van der Waals surface area contributed by atoms with Crippen LogP contribution in [0.15, 0.2) is 59.1 Å². The quantitative estimate of drug-likeness (QED) is 0.408. The Morgan fingerprint density at radius 3 is 2.65 bits per heavy atom. The summed E-state index contributed by atoms with van der Waals surface area (Å²) in [5.41, 5.74) is 1.55. The van der Waals surface area contributed by atoms with E-state index < -0.39 is 18.9 Å². The fourth-order valence-electron chi connectivity index (χ4n) is 3.40. The highest BCUT2D eigenvalue weighted by Gasteiger charge is 2.30. The molecule has 1 amide bonds. The predicted octanol–water partition coefficient (Wildman–Crippen LogP) is 3.55. The zero-order chi connectivity index (χ0) is 21.8. The van der Waals surface area contributed by atoms with Crippen molar-refractivity contribution in [2.45, 2.75) is 12.8 Å². The third-order valence-electron chi connectivity index (χ3n) is 5.05. The van der Waals surface area contributed by atoms with Gasteiger partial charge in [-0.1, -0.05) is 6.07 Å². The Balaban J connectivity index is 1.55. The number of amides is 1. The number of pyridine rings is 1. The number of hydrogen-bond acceptors (Lipinski definition) is 4. The van der Waals surface area contributed by atoms with Crippen LogP contribution in [0, 0.1) is 11.7 Å². The van der Waals surface area contributed by atoms with E-state index in [9.17, 15) is 23.5 Å². The lowest BCUT2D eigenvalue weighted by molar-refractivity contribution is -0.117. The van der Waals surface area contributed by atoms with Gasteiger partial charge < -0.3 is 19.5 Å². The van der Waals surface area contributed by atoms with E-state index >= 15 is 0 Å². The number of imidazole rings is 1. The molecule has 3 N–H and O–H groups in total. The number of carbonyl (C=O) groups excluding carboxylic acids is 1. The number of benzene rings is 1. The van der Waals surface area contributed by atoms with E-state index in [1.54, 1.807) is 34.9 Å². The molecule has 0 saturated heterocycles. The number of rotatable bonds is 5. The lowest BCUT2D eigenvalue weighted by Crippen LogP contribution is -2.13. The molecular formula is C21H17FN3O5P. The van der Waals surface area contributed by atoms with Gasteiger partial charge in [-0.05, 0) is 55.3 Å². The van der Waals surface area contributed by atoms with E-state index in [0.717, 1.165) is 12.8 Å². The van der Waals surface area contributed by atoms with Crippen LogP contribution in [-0.4, -0.2) is 25.1 Å². The molecule has 1 aliphatic carbocycles. The molecule has 8 nitrogen and oxygen atoms in total. The monoisotopic (exact) mass is 441 g/mol. The van der Waals surface area contributed by atoms with Crippen molar-refractivity contribution in [1.82, 2.24) is 9.38 Å². The number of hydrogen-bond donors (Lipinski definition) is 3. The third-order valence-corrected chi connectivity index (χ3v) is 5.86. The maximum Gasteiger partial charge on any atom is 0.391 e. The van der Waals surface area contributed by atoms with Crippen molar-refractivity contribution >= 4 is 30.5 Å². The van der Waals surface area contributed by atoms with Crippen LogP contribution in [0.2, 0.25) is 0 Å². The minimum atomic E-state index is -4.55. The molecule has 31 heavy (non-hydrogen) atoms. The number of carbonyl (C=O) groups is 1. The highest BCUT2D eigenvalue weighted by molar-refractivity contribution is 7.59. The average molecular weight is 441 g/mol. The fraction of sp³-hybridized carbons (Fsp3) is 0.143. The zero-order valence-electron chi connectivity index (χ0n) is 16.0. The molecule has 158 valence electrons. The Labute approximate surface area is 175 Å². The van der Waals surface area contributed by atoms with Crippen LogP contribution in [0.25, 0.3) is 28.2 Å². The van der Waals surface area contributed by atoms with Gasteiger partial charge in [0.1, 0.15) is 17.2 Å². The Hall–Kier alpha value is -3.26. The largest absolute Gasteiger partial charge is 0.448 e. The SMILES string of the molecule is O=C(Nc1cn2c(-c3cc(F)cc(-c4ccc(P(=O)(O)O)o4)c3)cccc2n1)C1CC1. The van der Waals surface area contributed by atoms with Gasteiger partial charge in [-0.25, -0.2) is 9.37 Å². The Kier molecular flexibility index (Phi) is 4.55. The Morgan fingerprint density at radius 2 is 1.94 bits per heavy atom. The van der Waals surface area contributed by atoms with Crippen molar-refractivity contribution in [3.8, 4) is 22.6 Å². The highest BCUT2D eigenvalue weighted by Crippen LogP contribution is 2.36. The topological polar surface area (TPSA) is 117 Å². The van der Waals surface area contributed by atoms with Crippen molar-refractivity contribution in [3.05, 3.63) is 60.5 Å². The second-order valence-electron chi connectivity index (χ2n) is 7.44. The van der Waals surface area contributed by atoms with Crippen LogP contribution in [0.4, 0.5) is 10.2 Å². The number of nitrogens with zero attached hydrogens (tertiary/aromatic N) is 2. The molecule has 4 aromatic rings. The standard InChI is InChI=1S/C21H17FN3O5P/c22-15-9-13(8-14(10-15)17-6-7-20(30-17)31(27,28)29)16-2-1-3-19-23-18(11-25(16)19)24-21(26)12-4-5-12/h1-3,6-12H,4-5H2,(H,24,26)(H2,27,28,29). The van der Waals surface area contributed by atoms with Gasteiger partial charge in [0, 0.05) is 17.0 Å². The molecule has 3 heterocycles. The van der Waals surface area contributed by atoms with E-state index in [1.807, 2.05) is 0 Å². The Morgan fingerprint density at radius 1 is 1.16 bits per heavy atom. The van der Waals surface area contributed by atoms with E-state index in [4.69, 9.17) is 4.42 Å². The van der Waals surface area contributed by atoms with Crippen LogP contribution in [0.1, 0.15) is 12.8 Å². The first-order chi connectivity index (χ1) is 14.8. The summed E-state index contributed by atoms with van der Waals surface area (Å²) in [6.07, 6.45) is 3.44. The molecule has 0 radical (unpaired) electrons. The van der Waals surface area contributed by atoms with E-state index in [0.29, 0.717) is 28.3 Å². The summed E-state index contributed by atoms with van der Waals surface area (Å²) in [4.78, 5) is 35.0. The molecule has 0 aliphatic heterocycles. The molecule has 1 aromatic carbocycles. The van der Waals surface area contributed by atoms with Crippen molar-refractivity contribution in [2.75, 3.05) is 5.32 Å². The summed E-state index contributed by atoms with van der Waals surface area (Å²) < 4.78 is 32.8. The van der Waals surface area contributed by atoms with Gasteiger partial charge in [-0.2, -0.15) is 0 Å². The first kappa shape index (κ1) is 19.7. The Bertz CT molecular complexity index is 1370. The molecule has 10 heteroatoms. The van der Waals surface area contributed by atoms with Crippen molar-refractivity contribution < 1.29 is 28.0 Å². The third kappa shape index (κ3) is 3.90. The fourth-order valence-corrected chi connectivity index (χ4v) is 3.89. The van der Waals surface area contributed by atoms with Crippen molar-refractivity contribution in [1.29, 1.82) is 0 Å². The van der Waals surface area contributed by atoms with Gasteiger partial charge >= 0.3 is 7.60 Å². The first-order valence-corrected chi connectivity index (χ1v) is 11.2. The second kappa shape index (κ2) is 7.16. The smallest absolute Gasteiger partial charge is 0.391 e. The molecule has 5 rings (SSSR count). The van der Waals surface area contributed by atoms with Crippen molar-refractivity contribution in [3.63, 3.8) is 0 Å². The lowest BCUT2D eigenvalue weighted by Gasteiger charge is -2.08. The predicted molar refractivity (Wildman–Crippen MR) is 111 cm³/mol. The molecule has 0 unspecified atom stereocenters. The summed E-state index contributed by atoms with van der Waals surface area (Å²) >= 11 is 0. The number of aromatic nitrogens is 2. The number of furan rings is 1. The van der Waals surface area contributed by atoms with Crippen LogP contribution in [0.3, 0.4) is 0 Å². The minimum absolute atomic E-state index is 0.0430. The van der Waals surface area contributed by atoms with Crippen LogP contribution in [-0.2, 0) is 9.36 Å². The van der Waals surface area contributed by atoms with Gasteiger partial charge in [-0.15, -0.1) is 0 Å². The summed E-state index contributed by atoms with van der Waals surface area (Å²) in [5, 5.41) is 2.80.